The third-order valence-electron chi connectivity index (χ3n) is 3.16. The predicted molar refractivity (Wildman–Crippen MR) is 77.5 cm³/mol. The molecule has 0 spiro atoms. The summed E-state index contributed by atoms with van der Waals surface area (Å²) in [7, 11) is 1.17. The maximum absolute atomic E-state index is 12.6. The van der Waals surface area contributed by atoms with E-state index in [4.69, 9.17) is 5.73 Å². The lowest BCUT2D eigenvalue weighted by molar-refractivity contribution is -0.141. The summed E-state index contributed by atoms with van der Waals surface area (Å²) < 4.78 is 42.3. The molecule has 1 aromatic rings. The molecule has 0 unspecified atom stereocenters. The molecule has 0 aliphatic rings. The van der Waals surface area contributed by atoms with Crippen LogP contribution in [-0.2, 0) is 31.7 Å². The molecule has 132 valence electrons. The minimum absolute atomic E-state index is 0.0592. The number of hydrogen-bond donors (Lipinski definition) is 2. The average Bonchev–Trinajstić information content (AvgIpc) is 2.50. The van der Waals surface area contributed by atoms with Gasteiger partial charge in [0.25, 0.3) is 0 Å². The molecular weight excluding hydrogens is 329 g/mol. The third kappa shape index (κ3) is 6.27. The minimum Gasteiger partial charge on any atom is -0.469 e. The van der Waals surface area contributed by atoms with Gasteiger partial charge in [0.1, 0.15) is 6.04 Å². The molecule has 0 saturated heterocycles. The van der Waals surface area contributed by atoms with E-state index in [-0.39, 0.29) is 24.8 Å². The van der Waals surface area contributed by atoms with Crippen LogP contribution in [0.4, 0.5) is 13.2 Å². The molecule has 0 aromatic heterocycles. The Kier molecular flexibility index (Phi) is 6.75. The highest BCUT2D eigenvalue weighted by atomic mass is 19.4. The molecule has 0 fully saturated rings. The summed E-state index contributed by atoms with van der Waals surface area (Å²) in [5.41, 5.74) is 4.40. The molecule has 0 aliphatic heterocycles. The van der Waals surface area contributed by atoms with Crippen molar-refractivity contribution in [2.45, 2.75) is 31.5 Å². The van der Waals surface area contributed by atoms with E-state index in [0.29, 0.717) is 0 Å². The standard InChI is InChI=1S/C15H17F3N2O4/c1-24-13(22)6-5-11(14(19)23)20-12(21)8-9-3-2-4-10(7-9)15(16,17)18/h2-4,7,11H,5-6,8H2,1H3,(H2,19,23)(H,20,21)/t11-/m0/s1. The second-order valence-electron chi connectivity index (χ2n) is 5.01. The van der Waals surface area contributed by atoms with E-state index in [1.807, 2.05) is 0 Å². The maximum Gasteiger partial charge on any atom is 0.416 e. The monoisotopic (exact) mass is 346 g/mol. The first kappa shape index (κ1) is 19.5. The normalized spacial score (nSPS) is 12.3. The Morgan fingerprint density at radius 3 is 2.50 bits per heavy atom. The first-order valence-corrected chi connectivity index (χ1v) is 6.95. The highest BCUT2D eigenvalue weighted by molar-refractivity contribution is 5.87. The fourth-order valence-electron chi connectivity index (χ4n) is 1.94. The second kappa shape index (κ2) is 8.32. The topological polar surface area (TPSA) is 98.5 Å². The Morgan fingerprint density at radius 2 is 1.96 bits per heavy atom. The lowest BCUT2D eigenvalue weighted by Gasteiger charge is -2.15. The van der Waals surface area contributed by atoms with Gasteiger partial charge in [0.2, 0.25) is 11.8 Å². The Labute approximate surface area is 136 Å². The molecule has 0 aliphatic carbocycles. The van der Waals surface area contributed by atoms with E-state index in [1.165, 1.54) is 19.2 Å². The third-order valence-corrected chi connectivity index (χ3v) is 3.16. The summed E-state index contributed by atoms with van der Waals surface area (Å²) in [6.07, 6.45) is -5.06. The Morgan fingerprint density at radius 1 is 1.29 bits per heavy atom. The number of ether oxygens (including phenoxy) is 1. The molecule has 1 rings (SSSR count). The molecule has 1 aromatic carbocycles. The van der Waals surface area contributed by atoms with Crippen molar-refractivity contribution < 1.29 is 32.3 Å². The Bertz CT molecular complexity index is 617. The summed E-state index contributed by atoms with van der Waals surface area (Å²) in [5.74, 6) is -2.10. The van der Waals surface area contributed by atoms with E-state index in [2.05, 4.69) is 10.1 Å². The molecule has 9 heteroatoms. The van der Waals surface area contributed by atoms with Crippen LogP contribution in [0, 0.1) is 0 Å². The van der Waals surface area contributed by atoms with Crippen LogP contribution >= 0.6 is 0 Å². The van der Waals surface area contributed by atoms with Gasteiger partial charge in [-0.3, -0.25) is 14.4 Å². The van der Waals surface area contributed by atoms with Crippen molar-refractivity contribution in [1.82, 2.24) is 5.32 Å². The summed E-state index contributed by atoms with van der Waals surface area (Å²) in [4.78, 5) is 34.2. The number of alkyl halides is 3. The molecular formula is C15H17F3N2O4. The first-order chi connectivity index (χ1) is 11.1. The number of halogens is 3. The molecule has 6 nitrogen and oxygen atoms in total. The Balaban J connectivity index is 2.69. The summed E-state index contributed by atoms with van der Waals surface area (Å²) in [6.45, 7) is 0. The van der Waals surface area contributed by atoms with Crippen LogP contribution in [0.25, 0.3) is 0 Å². The van der Waals surface area contributed by atoms with Crippen molar-refractivity contribution in [3.8, 4) is 0 Å². The first-order valence-electron chi connectivity index (χ1n) is 6.95. The van der Waals surface area contributed by atoms with Crippen molar-refractivity contribution in [2.24, 2.45) is 5.73 Å². The molecule has 0 radical (unpaired) electrons. The predicted octanol–water partition coefficient (Wildman–Crippen LogP) is 1.17. The number of nitrogens with one attached hydrogen (secondary N) is 1. The van der Waals surface area contributed by atoms with E-state index in [9.17, 15) is 27.6 Å². The van der Waals surface area contributed by atoms with Gasteiger partial charge in [-0.05, 0) is 18.1 Å². The number of methoxy groups -OCH3 is 1. The minimum atomic E-state index is -4.51. The van der Waals surface area contributed by atoms with Crippen LogP contribution in [0.2, 0.25) is 0 Å². The maximum atomic E-state index is 12.6. The molecule has 0 heterocycles. The van der Waals surface area contributed by atoms with Crippen molar-refractivity contribution in [3.05, 3.63) is 35.4 Å². The number of hydrogen-bond acceptors (Lipinski definition) is 4. The SMILES string of the molecule is COC(=O)CC[C@H](NC(=O)Cc1cccc(C(F)(F)F)c1)C(N)=O. The van der Waals surface area contributed by atoms with Crippen LogP contribution in [0.3, 0.4) is 0 Å². The summed E-state index contributed by atoms with van der Waals surface area (Å²) in [5, 5.41) is 2.30. The van der Waals surface area contributed by atoms with E-state index in [0.717, 1.165) is 12.1 Å². The van der Waals surface area contributed by atoms with E-state index < -0.39 is 35.6 Å². The van der Waals surface area contributed by atoms with Crippen molar-refractivity contribution in [1.29, 1.82) is 0 Å². The van der Waals surface area contributed by atoms with Gasteiger partial charge < -0.3 is 15.8 Å². The number of esters is 1. The molecule has 2 amide bonds. The van der Waals surface area contributed by atoms with Gasteiger partial charge in [0, 0.05) is 6.42 Å². The van der Waals surface area contributed by atoms with E-state index in [1.54, 1.807) is 0 Å². The number of rotatable bonds is 7. The van der Waals surface area contributed by atoms with Crippen molar-refractivity contribution in [2.75, 3.05) is 7.11 Å². The molecule has 1 atom stereocenters. The smallest absolute Gasteiger partial charge is 0.416 e. The zero-order valence-electron chi connectivity index (χ0n) is 12.9. The van der Waals surface area contributed by atoms with Gasteiger partial charge in [-0.2, -0.15) is 13.2 Å². The van der Waals surface area contributed by atoms with Gasteiger partial charge in [0.05, 0.1) is 19.1 Å². The van der Waals surface area contributed by atoms with Gasteiger partial charge in [-0.1, -0.05) is 18.2 Å². The van der Waals surface area contributed by atoms with Crippen LogP contribution in [0.1, 0.15) is 24.0 Å². The number of benzene rings is 1. The van der Waals surface area contributed by atoms with Gasteiger partial charge in [-0.25, -0.2) is 0 Å². The number of nitrogens with two attached hydrogens (primary N) is 1. The highest BCUT2D eigenvalue weighted by Crippen LogP contribution is 2.29. The lowest BCUT2D eigenvalue weighted by atomic mass is 10.1. The van der Waals surface area contributed by atoms with Crippen LogP contribution in [-0.4, -0.2) is 30.9 Å². The van der Waals surface area contributed by atoms with Gasteiger partial charge >= 0.3 is 12.1 Å². The fraction of sp³-hybridized carbons (Fsp3) is 0.400. The van der Waals surface area contributed by atoms with E-state index >= 15 is 0 Å². The fourth-order valence-corrected chi connectivity index (χ4v) is 1.94. The van der Waals surface area contributed by atoms with Gasteiger partial charge in [-0.15, -0.1) is 0 Å². The van der Waals surface area contributed by atoms with Crippen LogP contribution < -0.4 is 11.1 Å². The number of carbonyl (C=O) groups is 3. The average molecular weight is 346 g/mol. The molecule has 0 bridgehead atoms. The van der Waals surface area contributed by atoms with Crippen LogP contribution in [0.15, 0.2) is 24.3 Å². The van der Waals surface area contributed by atoms with Crippen LogP contribution in [0.5, 0.6) is 0 Å². The molecule has 0 saturated carbocycles. The molecule has 3 N–H and O–H groups in total. The van der Waals surface area contributed by atoms with Gasteiger partial charge in [0.15, 0.2) is 0 Å². The van der Waals surface area contributed by atoms with Crippen molar-refractivity contribution in [3.63, 3.8) is 0 Å². The zero-order valence-corrected chi connectivity index (χ0v) is 12.9. The Hall–Kier alpha value is -2.58. The summed E-state index contributed by atoms with van der Waals surface area (Å²) >= 11 is 0. The largest absolute Gasteiger partial charge is 0.469 e. The second-order valence-corrected chi connectivity index (χ2v) is 5.01. The quantitative estimate of drug-likeness (QED) is 0.724. The number of primary amides is 1. The molecule has 24 heavy (non-hydrogen) atoms. The highest BCUT2D eigenvalue weighted by Gasteiger charge is 2.30. The number of amides is 2. The number of carbonyl (C=O) groups excluding carboxylic acids is 3. The zero-order chi connectivity index (χ0) is 18.3. The summed E-state index contributed by atoms with van der Waals surface area (Å²) in [6, 6.07) is 3.19. The lowest BCUT2D eigenvalue weighted by Crippen LogP contribution is -2.45. The van der Waals surface area contributed by atoms with Crippen molar-refractivity contribution >= 4 is 17.8 Å².